The van der Waals surface area contributed by atoms with Gasteiger partial charge in [-0.1, -0.05) is 6.07 Å². The first-order valence-corrected chi connectivity index (χ1v) is 6.35. The Kier molecular flexibility index (Phi) is 3.79. The van der Waals surface area contributed by atoms with E-state index in [1.54, 1.807) is 30.5 Å². The van der Waals surface area contributed by atoms with Crippen molar-refractivity contribution in [2.45, 2.75) is 6.92 Å². The highest BCUT2D eigenvalue weighted by atomic mass is 32.1. The molecule has 1 aromatic carbocycles. The maximum Gasteiger partial charge on any atom is 0.197 e. The van der Waals surface area contributed by atoms with Gasteiger partial charge in [-0.3, -0.25) is 4.79 Å². The van der Waals surface area contributed by atoms with Gasteiger partial charge < -0.3 is 10.4 Å². The number of anilines is 1. The Balaban J connectivity index is 2.01. The van der Waals surface area contributed by atoms with Crippen molar-refractivity contribution in [3.05, 3.63) is 58.4 Å². The molecule has 0 aliphatic rings. The van der Waals surface area contributed by atoms with Gasteiger partial charge in [0.1, 0.15) is 5.75 Å². The third-order valence-corrected chi connectivity index (χ3v) is 3.33. The molecule has 92 valence electrons. The van der Waals surface area contributed by atoms with Crippen LogP contribution >= 0.6 is 11.3 Å². The Labute approximate surface area is 109 Å². The number of aromatic hydroxyl groups is 1. The van der Waals surface area contributed by atoms with Crippen LogP contribution in [0.3, 0.4) is 0 Å². The highest BCUT2D eigenvalue weighted by molar-refractivity contribution is 7.12. The molecule has 0 unspecified atom stereocenters. The Hall–Kier alpha value is -2.07. The van der Waals surface area contributed by atoms with Crippen molar-refractivity contribution >= 4 is 22.8 Å². The minimum absolute atomic E-state index is 0.0195. The molecular weight excluding hydrogens is 246 g/mol. The number of carbonyl (C=O) groups is 1. The molecule has 0 aliphatic carbocycles. The molecule has 0 fully saturated rings. The molecule has 2 aromatic rings. The van der Waals surface area contributed by atoms with Gasteiger partial charge in [-0.2, -0.15) is 0 Å². The fourth-order valence-corrected chi connectivity index (χ4v) is 2.16. The van der Waals surface area contributed by atoms with Gasteiger partial charge in [0.25, 0.3) is 0 Å². The van der Waals surface area contributed by atoms with Gasteiger partial charge in [0, 0.05) is 18.0 Å². The molecule has 2 N–H and O–H groups in total. The van der Waals surface area contributed by atoms with Gasteiger partial charge in [0.15, 0.2) is 5.78 Å². The summed E-state index contributed by atoms with van der Waals surface area (Å²) >= 11 is 1.42. The third-order valence-electron chi connectivity index (χ3n) is 2.45. The van der Waals surface area contributed by atoms with E-state index in [1.807, 2.05) is 18.4 Å². The van der Waals surface area contributed by atoms with Crippen LogP contribution in [0.25, 0.3) is 0 Å². The van der Waals surface area contributed by atoms with E-state index in [4.69, 9.17) is 0 Å². The number of hydrogen-bond donors (Lipinski definition) is 2. The molecule has 0 radical (unpaired) electrons. The van der Waals surface area contributed by atoms with Gasteiger partial charge in [0.05, 0.1) is 4.88 Å². The van der Waals surface area contributed by atoms with Crippen molar-refractivity contribution in [1.82, 2.24) is 0 Å². The number of ketones is 1. The fraction of sp³-hybridized carbons (Fsp3) is 0.0714. The summed E-state index contributed by atoms with van der Waals surface area (Å²) in [5.41, 5.74) is 1.78. The number of hydrogen-bond acceptors (Lipinski definition) is 4. The zero-order valence-corrected chi connectivity index (χ0v) is 10.7. The number of benzene rings is 1. The van der Waals surface area contributed by atoms with Crippen LogP contribution in [0.5, 0.6) is 5.75 Å². The Bertz CT molecular complexity index is 573. The van der Waals surface area contributed by atoms with E-state index in [1.165, 1.54) is 17.4 Å². The summed E-state index contributed by atoms with van der Waals surface area (Å²) in [6.45, 7) is 1.89. The second-order valence-electron chi connectivity index (χ2n) is 3.82. The van der Waals surface area contributed by atoms with E-state index in [-0.39, 0.29) is 11.5 Å². The molecule has 2 rings (SSSR count). The average molecular weight is 259 g/mol. The van der Waals surface area contributed by atoms with E-state index >= 15 is 0 Å². The van der Waals surface area contributed by atoms with E-state index in [2.05, 4.69) is 5.32 Å². The monoisotopic (exact) mass is 259 g/mol. The summed E-state index contributed by atoms with van der Waals surface area (Å²) in [5.74, 6) is 0.214. The molecule has 0 aliphatic heterocycles. The molecule has 1 heterocycles. The van der Waals surface area contributed by atoms with Crippen molar-refractivity contribution in [3.8, 4) is 5.75 Å². The smallest absolute Gasteiger partial charge is 0.197 e. The number of thiophene rings is 1. The fourth-order valence-electron chi connectivity index (χ4n) is 1.52. The quantitative estimate of drug-likeness (QED) is 0.501. The summed E-state index contributed by atoms with van der Waals surface area (Å²) < 4.78 is 0. The first-order valence-electron chi connectivity index (χ1n) is 5.47. The Morgan fingerprint density at radius 2 is 2.22 bits per heavy atom. The summed E-state index contributed by atoms with van der Waals surface area (Å²) in [4.78, 5) is 12.4. The molecule has 0 saturated carbocycles. The highest BCUT2D eigenvalue weighted by Crippen LogP contribution is 2.20. The van der Waals surface area contributed by atoms with Crippen molar-refractivity contribution in [2.75, 3.05) is 5.32 Å². The largest absolute Gasteiger partial charge is 0.508 e. The average Bonchev–Trinajstić information content (AvgIpc) is 2.85. The summed E-state index contributed by atoms with van der Waals surface area (Å²) in [6, 6.07) is 8.68. The summed E-state index contributed by atoms with van der Waals surface area (Å²) in [7, 11) is 0. The zero-order valence-electron chi connectivity index (χ0n) is 9.88. The molecule has 0 saturated heterocycles. The first-order chi connectivity index (χ1) is 8.66. The molecular formula is C14H13NO2S. The molecule has 0 spiro atoms. The molecule has 3 nitrogen and oxygen atoms in total. The number of phenols is 1. The SMILES string of the molecule is Cc1cc(O)ccc1NC=CC(=O)c1cccs1. The van der Waals surface area contributed by atoms with Gasteiger partial charge in [-0.25, -0.2) is 0 Å². The lowest BCUT2D eigenvalue weighted by Crippen LogP contribution is -1.94. The number of phenolic OH excluding ortho intramolecular Hbond substituents is 1. The lowest BCUT2D eigenvalue weighted by Gasteiger charge is -2.05. The Morgan fingerprint density at radius 1 is 1.39 bits per heavy atom. The van der Waals surface area contributed by atoms with Crippen LogP contribution in [0, 0.1) is 6.92 Å². The van der Waals surface area contributed by atoms with Crippen molar-refractivity contribution in [2.24, 2.45) is 0 Å². The standard InChI is InChI=1S/C14H13NO2S/c1-10-9-11(16)4-5-12(10)15-7-6-13(17)14-3-2-8-18-14/h2-9,15-16H,1H3. The van der Waals surface area contributed by atoms with Crippen LogP contribution < -0.4 is 5.32 Å². The minimum Gasteiger partial charge on any atom is -0.508 e. The van der Waals surface area contributed by atoms with Gasteiger partial charge >= 0.3 is 0 Å². The van der Waals surface area contributed by atoms with Crippen LogP contribution in [0.15, 0.2) is 48.0 Å². The molecule has 0 bridgehead atoms. The van der Waals surface area contributed by atoms with E-state index < -0.39 is 0 Å². The van der Waals surface area contributed by atoms with Crippen LogP contribution in [0.2, 0.25) is 0 Å². The van der Waals surface area contributed by atoms with Crippen LogP contribution in [0.4, 0.5) is 5.69 Å². The highest BCUT2D eigenvalue weighted by Gasteiger charge is 2.01. The number of aryl methyl sites for hydroxylation is 1. The number of rotatable bonds is 4. The summed E-state index contributed by atoms with van der Waals surface area (Å²) in [5, 5.41) is 14.2. The van der Waals surface area contributed by atoms with Crippen LogP contribution in [-0.2, 0) is 0 Å². The normalized spacial score (nSPS) is 10.7. The third kappa shape index (κ3) is 2.99. The molecule has 0 atom stereocenters. The number of allylic oxidation sites excluding steroid dienone is 1. The molecule has 4 heteroatoms. The van der Waals surface area contributed by atoms with Crippen molar-refractivity contribution < 1.29 is 9.90 Å². The number of carbonyl (C=O) groups excluding carboxylic acids is 1. The first kappa shape index (κ1) is 12.4. The second-order valence-corrected chi connectivity index (χ2v) is 4.77. The van der Waals surface area contributed by atoms with Crippen molar-refractivity contribution in [1.29, 1.82) is 0 Å². The Morgan fingerprint density at radius 3 is 2.89 bits per heavy atom. The molecule has 0 amide bonds. The van der Waals surface area contributed by atoms with Crippen molar-refractivity contribution in [3.63, 3.8) is 0 Å². The predicted octanol–water partition coefficient (Wildman–Crippen LogP) is 3.57. The zero-order chi connectivity index (χ0) is 13.0. The molecule has 18 heavy (non-hydrogen) atoms. The van der Waals surface area contributed by atoms with Gasteiger partial charge in [0.2, 0.25) is 0 Å². The van der Waals surface area contributed by atoms with Crippen LogP contribution in [0.1, 0.15) is 15.2 Å². The van der Waals surface area contributed by atoms with Crippen LogP contribution in [-0.4, -0.2) is 10.9 Å². The van der Waals surface area contributed by atoms with E-state index in [9.17, 15) is 9.90 Å². The maximum atomic E-state index is 11.7. The van der Waals surface area contributed by atoms with Gasteiger partial charge in [-0.15, -0.1) is 11.3 Å². The minimum atomic E-state index is -0.0195. The van der Waals surface area contributed by atoms with E-state index in [0.717, 1.165) is 16.1 Å². The van der Waals surface area contributed by atoms with Gasteiger partial charge in [-0.05, 0) is 42.1 Å². The topological polar surface area (TPSA) is 49.3 Å². The predicted molar refractivity (Wildman–Crippen MR) is 74.3 cm³/mol. The molecule has 1 aromatic heterocycles. The van der Waals surface area contributed by atoms with E-state index in [0.29, 0.717) is 0 Å². The lowest BCUT2D eigenvalue weighted by molar-refractivity contribution is 0.105. The lowest BCUT2D eigenvalue weighted by atomic mass is 10.2. The number of nitrogens with one attached hydrogen (secondary N) is 1. The maximum absolute atomic E-state index is 11.7. The summed E-state index contributed by atoms with van der Waals surface area (Å²) in [6.07, 6.45) is 3.11. The second kappa shape index (κ2) is 5.51.